The molecule has 0 radical (unpaired) electrons. The van der Waals surface area contributed by atoms with Crippen LogP contribution in [0, 0.1) is 6.92 Å². The monoisotopic (exact) mass is 377 g/mol. The Morgan fingerprint density at radius 1 is 1.11 bits per heavy atom. The highest BCUT2D eigenvalue weighted by Crippen LogP contribution is 2.24. The molecule has 27 heavy (non-hydrogen) atoms. The third-order valence-electron chi connectivity index (χ3n) is 4.91. The van der Waals surface area contributed by atoms with E-state index >= 15 is 0 Å². The molecule has 0 atom stereocenters. The van der Waals surface area contributed by atoms with Gasteiger partial charge in [-0.25, -0.2) is 4.98 Å². The van der Waals surface area contributed by atoms with Gasteiger partial charge in [0.25, 0.3) is 5.91 Å². The number of carbonyl (C=O) groups is 1. The number of halogens is 1. The Balaban J connectivity index is 1.48. The van der Waals surface area contributed by atoms with Gasteiger partial charge in [0.1, 0.15) is 5.82 Å². The van der Waals surface area contributed by atoms with Crippen molar-refractivity contribution in [2.75, 3.05) is 16.8 Å². The van der Waals surface area contributed by atoms with Gasteiger partial charge in [-0.15, -0.1) is 0 Å². The molecule has 1 amide bonds. The molecule has 0 bridgehead atoms. The van der Waals surface area contributed by atoms with E-state index in [1.165, 1.54) is 11.1 Å². The van der Waals surface area contributed by atoms with Crippen molar-refractivity contribution in [3.63, 3.8) is 0 Å². The molecular weight excluding hydrogens is 358 g/mol. The predicted molar refractivity (Wildman–Crippen MR) is 110 cm³/mol. The second-order valence-electron chi connectivity index (χ2n) is 6.76. The summed E-state index contributed by atoms with van der Waals surface area (Å²) in [6, 6.07) is 17.7. The number of pyridine rings is 1. The standard InChI is InChI=1S/C22H20ClN3O/c1-15-6-8-19(23)12-20(15)25-22(27)17-7-9-21(24-13-17)26-11-10-16-4-2-3-5-18(16)14-26/h2-9,12-13H,10-11,14H2,1H3,(H,25,27). The third kappa shape index (κ3) is 3.81. The second kappa shape index (κ2) is 7.41. The van der Waals surface area contributed by atoms with Crippen LogP contribution in [-0.2, 0) is 13.0 Å². The number of carbonyl (C=O) groups excluding carboxylic acids is 1. The second-order valence-corrected chi connectivity index (χ2v) is 7.20. The summed E-state index contributed by atoms with van der Waals surface area (Å²) in [6.45, 7) is 3.70. The largest absolute Gasteiger partial charge is 0.352 e. The predicted octanol–water partition coefficient (Wildman–Crippen LogP) is 4.86. The number of hydrogen-bond donors (Lipinski definition) is 1. The lowest BCUT2D eigenvalue weighted by molar-refractivity contribution is 0.102. The van der Waals surface area contributed by atoms with Crippen molar-refractivity contribution in [1.29, 1.82) is 0 Å². The Kier molecular flexibility index (Phi) is 4.82. The van der Waals surface area contributed by atoms with E-state index in [9.17, 15) is 4.79 Å². The van der Waals surface area contributed by atoms with Crippen LogP contribution in [0.4, 0.5) is 11.5 Å². The number of aryl methyl sites for hydroxylation is 1. The first-order valence-corrected chi connectivity index (χ1v) is 9.33. The van der Waals surface area contributed by atoms with Gasteiger partial charge >= 0.3 is 0 Å². The zero-order chi connectivity index (χ0) is 18.8. The quantitative estimate of drug-likeness (QED) is 0.709. The summed E-state index contributed by atoms with van der Waals surface area (Å²) in [6.07, 6.45) is 2.64. The van der Waals surface area contributed by atoms with E-state index in [-0.39, 0.29) is 5.91 Å². The topological polar surface area (TPSA) is 45.2 Å². The van der Waals surface area contributed by atoms with E-state index in [4.69, 9.17) is 11.6 Å². The van der Waals surface area contributed by atoms with E-state index in [0.717, 1.165) is 30.9 Å². The maximum atomic E-state index is 12.5. The van der Waals surface area contributed by atoms with Crippen molar-refractivity contribution in [2.45, 2.75) is 19.9 Å². The van der Waals surface area contributed by atoms with Crippen LogP contribution in [0.15, 0.2) is 60.8 Å². The van der Waals surface area contributed by atoms with Crippen LogP contribution in [-0.4, -0.2) is 17.4 Å². The van der Waals surface area contributed by atoms with E-state index in [2.05, 4.69) is 39.5 Å². The molecule has 1 aliphatic rings. The lowest BCUT2D eigenvalue weighted by atomic mass is 10.00. The molecule has 1 aliphatic heterocycles. The molecule has 136 valence electrons. The lowest BCUT2D eigenvalue weighted by Crippen LogP contribution is -2.31. The Morgan fingerprint density at radius 2 is 1.93 bits per heavy atom. The fourth-order valence-corrected chi connectivity index (χ4v) is 3.49. The molecule has 4 rings (SSSR count). The van der Waals surface area contributed by atoms with E-state index < -0.39 is 0 Å². The van der Waals surface area contributed by atoms with Gasteiger partial charge in [-0.1, -0.05) is 41.9 Å². The third-order valence-corrected chi connectivity index (χ3v) is 5.15. The lowest BCUT2D eigenvalue weighted by Gasteiger charge is -2.29. The van der Waals surface area contributed by atoms with Gasteiger partial charge < -0.3 is 10.2 Å². The summed E-state index contributed by atoms with van der Waals surface area (Å²) >= 11 is 6.02. The van der Waals surface area contributed by atoms with Crippen LogP contribution < -0.4 is 10.2 Å². The molecule has 0 saturated carbocycles. The Labute approximate surface area is 163 Å². The summed E-state index contributed by atoms with van der Waals surface area (Å²) in [7, 11) is 0. The average molecular weight is 378 g/mol. The fourth-order valence-electron chi connectivity index (χ4n) is 3.32. The Bertz CT molecular complexity index is 985. The molecule has 2 heterocycles. The summed E-state index contributed by atoms with van der Waals surface area (Å²) in [5, 5.41) is 3.49. The molecule has 0 aliphatic carbocycles. The Hall–Kier alpha value is -2.85. The molecule has 4 nitrogen and oxygen atoms in total. The van der Waals surface area contributed by atoms with Gasteiger partial charge in [-0.3, -0.25) is 4.79 Å². The minimum absolute atomic E-state index is 0.191. The van der Waals surface area contributed by atoms with Crippen LogP contribution in [0.3, 0.4) is 0 Å². The number of aromatic nitrogens is 1. The van der Waals surface area contributed by atoms with Crippen molar-refractivity contribution >= 4 is 29.0 Å². The zero-order valence-electron chi connectivity index (χ0n) is 15.1. The van der Waals surface area contributed by atoms with Gasteiger partial charge in [0, 0.05) is 30.0 Å². The molecular formula is C22H20ClN3O. The van der Waals surface area contributed by atoms with Crippen molar-refractivity contribution in [3.8, 4) is 0 Å². The van der Waals surface area contributed by atoms with Crippen molar-refractivity contribution in [3.05, 3.63) is 88.1 Å². The zero-order valence-corrected chi connectivity index (χ0v) is 15.8. The number of nitrogens with zero attached hydrogens (tertiary/aromatic N) is 2. The number of benzene rings is 2. The molecule has 3 aromatic rings. The van der Waals surface area contributed by atoms with Crippen LogP contribution >= 0.6 is 11.6 Å². The Morgan fingerprint density at radius 3 is 2.70 bits per heavy atom. The number of fused-ring (bicyclic) bond motifs is 1. The molecule has 0 unspecified atom stereocenters. The normalized spacial score (nSPS) is 13.2. The van der Waals surface area contributed by atoms with Crippen LogP contribution in [0.25, 0.3) is 0 Å². The molecule has 5 heteroatoms. The first kappa shape index (κ1) is 17.6. The average Bonchev–Trinajstić information content (AvgIpc) is 2.70. The number of rotatable bonds is 3. The molecule has 0 saturated heterocycles. The summed E-state index contributed by atoms with van der Waals surface area (Å²) in [5.41, 5.74) is 4.94. The van der Waals surface area contributed by atoms with Crippen LogP contribution in [0.1, 0.15) is 27.0 Å². The number of anilines is 2. The minimum Gasteiger partial charge on any atom is -0.352 e. The van der Waals surface area contributed by atoms with Crippen LogP contribution in [0.2, 0.25) is 5.02 Å². The maximum absolute atomic E-state index is 12.5. The SMILES string of the molecule is Cc1ccc(Cl)cc1NC(=O)c1ccc(N2CCc3ccccc3C2)nc1. The number of amides is 1. The van der Waals surface area contributed by atoms with E-state index in [1.54, 1.807) is 18.3 Å². The highest BCUT2D eigenvalue weighted by Gasteiger charge is 2.17. The molecule has 0 spiro atoms. The maximum Gasteiger partial charge on any atom is 0.257 e. The molecule has 0 fully saturated rings. The van der Waals surface area contributed by atoms with Crippen molar-refractivity contribution in [1.82, 2.24) is 4.98 Å². The summed E-state index contributed by atoms with van der Waals surface area (Å²) in [4.78, 5) is 19.3. The molecule has 1 aromatic heterocycles. The highest BCUT2D eigenvalue weighted by atomic mass is 35.5. The number of hydrogen-bond acceptors (Lipinski definition) is 3. The fraction of sp³-hybridized carbons (Fsp3) is 0.182. The molecule has 1 N–H and O–H groups in total. The smallest absolute Gasteiger partial charge is 0.257 e. The highest BCUT2D eigenvalue weighted by molar-refractivity contribution is 6.31. The van der Waals surface area contributed by atoms with Crippen molar-refractivity contribution < 1.29 is 4.79 Å². The first-order valence-electron chi connectivity index (χ1n) is 8.95. The van der Waals surface area contributed by atoms with Gasteiger partial charge in [-0.05, 0) is 54.3 Å². The van der Waals surface area contributed by atoms with Gasteiger partial charge in [-0.2, -0.15) is 0 Å². The van der Waals surface area contributed by atoms with E-state index in [1.807, 2.05) is 25.1 Å². The van der Waals surface area contributed by atoms with Gasteiger partial charge in [0.15, 0.2) is 0 Å². The van der Waals surface area contributed by atoms with Crippen molar-refractivity contribution in [2.24, 2.45) is 0 Å². The van der Waals surface area contributed by atoms with Crippen LogP contribution in [0.5, 0.6) is 0 Å². The number of nitrogens with one attached hydrogen (secondary N) is 1. The molecule has 2 aromatic carbocycles. The minimum atomic E-state index is -0.191. The van der Waals surface area contributed by atoms with Gasteiger partial charge in [0.2, 0.25) is 0 Å². The summed E-state index contributed by atoms with van der Waals surface area (Å²) in [5.74, 6) is 0.698. The first-order chi connectivity index (χ1) is 13.1. The van der Waals surface area contributed by atoms with Gasteiger partial charge in [0.05, 0.1) is 5.56 Å². The van der Waals surface area contributed by atoms with E-state index in [0.29, 0.717) is 16.3 Å². The summed E-state index contributed by atoms with van der Waals surface area (Å²) < 4.78 is 0.